The van der Waals surface area contributed by atoms with E-state index in [2.05, 4.69) is 16.1 Å². The molecule has 0 atom stereocenters. The first-order chi connectivity index (χ1) is 12.6. The van der Waals surface area contributed by atoms with Gasteiger partial charge in [-0.3, -0.25) is 9.47 Å². The smallest absolute Gasteiger partial charge is 0.299 e. The maximum atomic E-state index is 12.6. The number of aryl methyl sites for hydroxylation is 1. The molecule has 2 aromatic rings. The highest BCUT2D eigenvalue weighted by atomic mass is 35.5. The molecule has 0 amide bonds. The molecule has 1 aliphatic carbocycles. The van der Waals surface area contributed by atoms with Crippen molar-refractivity contribution >= 4 is 11.6 Å². The zero-order valence-corrected chi connectivity index (χ0v) is 16.2. The van der Waals surface area contributed by atoms with E-state index in [1.807, 2.05) is 22.8 Å². The molecule has 0 bridgehead atoms. The fourth-order valence-corrected chi connectivity index (χ4v) is 4.69. The van der Waals surface area contributed by atoms with Crippen LogP contribution in [0.5, 0.6) is 0 Å². The highest BCUT2D eigenvalue weighted by Crippen LogP contribution is 2.34. The van der Waals surface area contributed by atoms with Gasteiger partial charge in [-0.05, 0) is 50.4 Å². The van der Waals surface area contributed by atoms with Crippen LogP contribution >= 0.6 is 11.6 Å². The highest BCUT2D eigenvalue weighted by Gasteiger charge is 2.30. The summed E-state index contributed by atoms with van der Waals surface area (Å²) in [6.45, 7) is 2.93. The Bertz CT molecular complexity index is 813. The average molecular weight is 375 g/mol. The Labute approximate surface area is 159 Å². The summed E-state index contributed by atoms with van der Waals surface area (Å²) >= 11 is 6.30. The van der Waals surface area contributed by atoms with Crippen LogP contribution in [0.1, 0.15) is 61.9 Å². The second-order valence-electron chi connectivity index (χ2n) is 7.71. The van der Waals surface area contributed by atoms with Crippen LogP contribution in [0.25, 0.3) is 0 Å². The van der Waals surface area contributed by atoms with Crippen LogP contribution in [-0.2, 0) is 13.6 Å². The van der Waals surface area contributed by atoms with Crippen molar-refractivity contribution in [2.75, 3.05) is 13.1 Å². The lowest BCUT2D eigenvalue weighted by molar-refractivity contribution is 0.198. The van der Waals surface area contributed by atoms with E-state index in [1.165, 1.54) is 23.1 Å². The van der Waals surface area contributed by atoms with Crippen molar-refractivity contribution in [2.45, 2.75) is 57.0 Å². The number of rotatable bonds is 4. The molecular formula is C20H27ClN4O. The van der Waals surface area contributed by atoms with Crippen molar-refractivity contribution in [3.8, 4) is 0 Å². The first-order valence-corrected chi connectivity index (χ1v) is 10.1. The molecule has 1 aromatic carbocycles. The van der Waals surface area contributed by atoms with Crippen LogP contribution in [0.15, 0.2) is 29.1 Å². The van der Waals surface area contributed by atoms with E-state index in [1.54, 1.807) is 7.05 Å². The van der Waals surface area contributed by atoms with Crippen LogP contribution in [0.2, 0.25) is 5.02 Å². The summed E-state index contributed by atoms with van der Waals surface area (Å²) < 4.78 is 3.55. The Hall–Kier alpha value is -1.59. The predicted molar refractivity (Wildman–Crippen MR) is 104 cm³/mol. The van der Waals surface area contributed by atoms with Gasteiger partial charge >= 0.3 is 5.69 Å². The van der Waals surface area contributed by atoms with Crippen molar-refractivity contribution in [3.63, 3.8) is 0 Å². The molecule has 26 heavy (non-hydrogen) atoms. The van der Waals surface area contributed by atoms with Crippen LogP contribution in [-0.4, -0.2) is 32.3 Å². The van der Waals surface area contributed by atoms with Crippen LogP contribution in [0, 0.1) is 0 Å². The maximum absolute atomic E-state index is 12.6. The van der Waals surface area contributed by atoms with Gasteiger partial charge < -0.3 is 0 Å². The van der Waals surface area contributed by atoms with E-state index in [0.29, 0.717) is 12.0 Å². The number of benzene rings is 1. The first-order valence-electron chi connectivity index (χ1n) is 9.74. The number of halogens is 1. The Morgan fingerprint density at radius 3 is 2.50 bits per heavy atom. The summed E-state index contributed by atoms with van der Waals surface area (Å²) in [7, 11) is 1.78. The largest absolute Gasteiger partial charge is 0.345 e. The quantitative estimate of drug-likeness (QED) is 0.818. The minimum absolute atomic E-state index is 0.0606. The van der Waals surface area contributed by atoms with Crippen molar-refractivity contribution < 1.29 is 0 Å². The molecule has 5 nitrogen and oxygen atoms in total. The topological polar surface area (TPSA) is 43.1 Å². The molecule has 2 fully saturated rings. The summed E-state index contributed by atoms with van der Waals surface area (Å²) in [5.74, 6) is 1.40. The zero-order chi connectivity index (χ0) is 18.1. The SMILES string of the molecule is Cn1nc(C2CCN(Cc3ccccc3Cl)CC2)n(C2CCCC2)c1=O. The minimum Gasteiger partial charge on any atom is -0.299 e. The molecule has 0 N–H and O–H groups in total. The van der Waals surface area contributed by atoms with E-state index in [0.717, 1.165) is 56.2 Å². The second kappa shape index (κ2) is 7.57. The molecule has 1 saturated carbocycles. The Morgan fingerprint density at radius 2 is 1.81 bits per heavy atom. The van der Waals surface area contributed by atoms with E-state index >= 15 is 0 Å². The van der Waals surface area contributed by atoms with Crippen molar-refractivity contribution in [2.24, 2.45) is 7.05 Å². The van der Waals surface area contributed by atoms with Crippen molar-refractivity contribution in [1.82, 2.24) is 19.2 Å². The number of nitrogens with zero attached hydrogens (tertiary/aromatic N) is 4. The van der Waals surface area contributed by atoms with Gasteiger partial charge in [-0.2, -0.15) is 5.10 Å². The summed E-state index contributed by atoms with van der Waals surface area (Å²) in [5, 5.41) is 5.47. The van der Waals surface area contributed by atoms with Crippen LogP contribution < -0.4 is 5.69 Å². The summed E-state index contributed by atoms with van der Waals surface area (Å²) in [6, 6.07) is 8.43. The summed E-state index contributed by atoms with van der Waals surface area (Å²) in [4.78, 5) is 15.1. The zero-order valence-electron chi connectivity index (χ0n) is 15.4. The fraction of sp³-hybridized carbons (Fsp3) is 0.600. The molecule has 0 spiro atoms. The molecule has 4 rings (SSSR count). The van der Waals surface area contributed by atoms with Crippen LogP contribution in [0.4, 0.5) is 0 Å². The Kier molecular flexibility index (Phi) is 5.18. The van der Waals surface area contributed by atoms with E-state index in [4.69, 9.17) is 11.6 Å². The van der Waals surface area contributed by atoms with Gasteiger partial charge in [-0.25, -0.2) is 9.48 Å². The van der Waals surface area contributed by atoms with Gasteiger partial charge in [0.15, 0.2) is 0 Å². The minimum atomic E-state index is 0.0606. The predicted octanol–water partition coefficient (Wildman–Crippen LogP) is 3.73. The molecule has 1 aromatic heterocycles. The number of hydrogen-bond acceptors (Lipinski definition) is 3. The second-order valence-corrected chi connectivity index (χ2v) is 8.12. The average Bonchev–Trinajstić information content (AvgIpc) is 3.26. The van der Waals surface area contributed by atoms with Gasteiger partial charge in [0.2, 0.25) is 0 Å². The van der Waals surface area contributed by atoms with Gasteiger partial charge in [-0.1, -0.05) is 42.6 Å². The molecule has 2 heterocycles. The van der Waals surface area contributed by atoms with Gasteiger partial charge in [0.25, 0.3) is 0 Å². The summed E-state index contributed by atoms with van der Waals surface area (Å²) in [6.07, 6.45) is 6.78. The highest BCUT2D eigenvalue weighted by molar-refractivity contribution is 6.31. The Morgan fingerprint density at radius 1 is 1.12 bits per heavy atom. The normalized spacial score (nSPS) is 20.1. The molecule has 6 heteroatoms. The number of piperidine rings is 1. The van der Waals surface area contributed by atoms with Crippen molar-refractivity contribution in [1.29, 1.82) is 0 Å². The molecule has 1 saturated heterocycles. The summed E-state index contributed by atoms with van der Waals surface area (Å²) in [5.41, 5.74) is 1.25. The number of likely N-dealkylation sites (tertiary alicyclic amines) is 1. The third-order valence-corrected chi connectivity index (χ3v) is 6.35. The third-order valence-electron chi connectivity index (χ3n) is 5.98. The number of aromatic nitrogens is 3. The van der Waals surface area contributed by atoms with Gasteiger partial charge in [-0.15, -0.1) is 0 Å². The lowest BCUT2D eigenvalue weighted by atomic mass is 9.95. The van der Waals surface area contributed by atoms with Gasteiger partial charge in [0.1, 0.15) is 5.82 Å². The monoisotopic (exact) mass is 374 g/mol. The lowest BCUT2D eigenvalue weighted by Gasteiger charge is -2.32. The first kappa shape index (κ1) is 17.8. The molecule has 0 unspecified atom stereocenters. The maximum Gasteiger partial charge on any atom is 0.345 e. The Balaban J connectivity index is 1.46. The lowest BCUT2D eigenvalue weighted by Crippen LogP contribution is -2.34. The molecule has 2 aliphatic rings. The number of hydrogen-bond donors (Lipinski definition) is 0. The molecule has 0 radical (unpaired) electrons. The van der Waals surface area contributed by atoms with E-state index < -0.39 is 0 Å². The van der Waals surface area contributed by atoms with E-state index in [-0.39, 0.29) is 5.69 Å². The molecule has 1 aliphatic heterocycles. The van der Waals surface area contributed by atoms with E-state index in [9.17, 15) is 4.79 Å². The van der Waals surface area contributed by atoms with Gasteiger partial charge in [0, 0.05) is 30.6 Å². The standard InChI is InChI=1S/C20H27ClN4O/c1-23-20(26)25(17-7-3-4-8-17)19(22-23)15-10-12-24(13-11-15)14-16-6-2-5-9-18(16)21/h2,5-6,9,15,17H,3-4,7-8,10-14H2,1H3. The van der Waals surface area contributed by atoms with Crippen molar-refractivity contribution in [3.05, 3.63) is 51.2 Å². The fourth-order valence-electron chi connectivity index (χ4n) is 4.50. The van der Waals surface area contributed by atoms with Gasteiger partial charge in [0.05, 0.1) is 0 Å². The van der Waals surface area contributed by atoms with Crippen LogP contribution in [0.3, 0.4) is 0 Å². The third kappa shape index (κ3) is 3.47. The molecular weight excluding hydrogens is 348 g/mol. The molecule has 140 valence electrons.